The Hall–Kier alpha value is -0.790. The number of carbonyl (C=O) groups excluding carboxylic acids is 1. The van der Waals surface area contributed by atoms with Crippen LogP contribution in [0.5, 0.6) is 0 Å². The predicted molar refractivity (Wildman–Crippen MR) is 65.7 cm³/mol. The first-order valence-electron chi connectivity index (χ1n) is 6.43. The molecule has 2 saturated carbocycles. The van der Waals surface area contributed by atoms with Crippen LogP contribution in [-0.2, 0) is 4.79 Å². The van der Waals surface area contributed by atoms with Gasteiger partial charge in [0.25, 0.3) is 0 Å². The van der Waals surface area contributed by atoms with Gasteiger partial charge < -0.3 is 5.73 Å². The molecule has 2 rings (SSSR count). The van der Waals surface area contributed by atoms with Crippen molar-refractivity contribution in [3.8, 4) is 0 Å². The molecule has 0 heterocycles. The summed E-state index contributed by atoms with van der Waals surface area (Å²) in [5.41, 5.74) is 6.64. The van der Waals surface area contributed by atoms with Gasteiger partial charge in [-0.2, -0.15) is 0 Å². The number of amides is 1. The lowest BCUT2D eigenvalue weighted by molar-refractivity contribution is -0.135. The van der Waals surface area contributed by atoms with Crippen LogP contribution in [0.4, 0.5) is 0 Å². The van der Waals surface area contributed by atoms with Gasteiger partial charge >= 0.3 is 0 Å². The molecule has 0 bridgehead atoms. The summed E-state index contributed by atoms with van der Waals surface area (Å²) in [5.74, 6) is 1.42. The molecular weight excluding hydrogens is 198 g/mol. The van der Waals surface area contributed by atoms with E-state index in [0.29, 0.717) is 17.8 Å². The Balaban J connectivity index is 2.35. The average Bonchev–Trinajstić information content (AvgIpc) is 2.99. The fourth-order valence-corrected chi connectivity index (χ4v) is 3.74. The fraction of sp³-hybridized carbons (Fsp3) is 0.786. The highest BCUT2D eigenvalue weighted by Crippen LogP contribution is 2.58. The molecule has 1 amide bonds. The summed E-state index contributed by atoms with van der Waals surface area (Å²) < 4.78 is 0. The normalized spacial score (nSPS) is 39.4. The van der Waals surface area contributed by atoms with Crippen molar-refractivity contribution in [2.45, 2.75) is 46.0 Å². The third-order valence-electron chi connectivity index (χ3n) is 4.62. The van der Waals surface area contributed by atoms with Crippen molar-refractivity contribution in [3.63, 3.8) is 0 Å². The molecule has 2 fully saturated rings. The van der Waals surface area contributed by atoms with Crippen LogP contribution in [0.3, 0.4) is 0 Å². The van der Waals surface area contributed by atoms with Crippen LogP contribution >= 0.6 is 0 Å². The van der Waals surface area contributed by atoms with Gasteiger partial charge in [0.05, 0.1) is 5.41 Å². The third kappa shape index (κ3) is 1.68. The van der Waals surface area contributed by atoms with Gasteiger partial charge in [-0.05, 0) is 50.4 Å². The number of primary amides is 1. The Morgan fingerprint density at radius 3 is 2.38 bits per heavy atom. The third-order valence-corrected chi connectivity index (χ3v) is 4.62. The second-order valence-corrected chi connectivity index (χ2v) is 5.96. The smallest absolute Gasteiger partial charge is 0.224 e. The van der Waals surface area contributed by atoms with E-state index in [1.807, 2.05) is 0 Å². The number of nitrogens with two attached hydrogens (primary N) is 1. The van der Waals surface area contributed by atoms with Crippen LogP contribution in [-0.4, -0.2) is 5.91 Å². The maximum atomic E-state index is 12.0. The van der Waals surface area contributed by atoms with Crippen LogP contribution in [0, 0.1) is 23.2 Å². The van der Waals surface area contributed by atoms with Gasteiger partial charge in [-0.1, -0.05) is 25.5 Å². The zero-order chi connectivity index (χ0) is 11.9. The van der Waals surface area contributed by atoms with E-state index in [2.05, 4.69) is 20.4 Å². The second-order valence-electron chi connectivity index (χ2n) is 5.96. The second kappa shape index (κ2) is 3.90. The van der Waals surface area contributed by atoms with Crippen LogP contribution in [0.15, 0.2) is 12.2 Å². The molecule has 3 unspecified atom stereocenters. The summed E-state index contributed by atoms with van der Waals surface area (Å²) in [6.07, 6.45) is 5.64. The van der Waals surface area contributed by atoms with Crippen molar-refractivity contribution < 1.29 is 4.79 Å². The summed E-state index contributed by atoms with van der Waals surface area (Å²) in [6.45, 7) is 8.38. The van der Waals surface area contributed by atoms with Crippen molar-refractivity contribution in [2.24, 2.45) is 28.9 Å². The van der Waals surface area contributed by atoms with Gasteiger partial charge in [-0.15, -0.1) is 0 Å². The Morgan fingerprint density at radius 1 is 1.31 bits per heavy atom. The molecule has 0 aliphatic heterocycles. The predicted octanol–water partition coefficient (Wildman–Crippen LogP) is 2.88. The molecule has 16 heavy (non-hydrogen) atoms. The summed E-state index contributed by atoms with van der Waals surface area (Å²) in [7, 11) is 0. The van der Waals surface area contributed by atoms with E-state index in [0.717, 1.165) is 18.4 Å². The Kier molecular flexibility index (Phi) is 2.85. The lowest BCUT2D eigenvalue weighted by Gasteiger charge is -2.45. The largest absolute Gasteiger partial charge is 0.369 e. The van der Waals surface area contributed by atoms with E-state index in [9.17, 15) is 4.79 Å². The molecule has 2 N–H and O–H groups in total. The molecule has 2 heteroatoms. The first kappa shape index (κ1) is 11.7. The van der Waals surface area contributed by atoms with Gasteiger partial charge in [0, 0.05) is 0 Å². The van der Waals surface area contributed by atoms with E-state index in [-0.39, 0.29) is 11.3 Å². The maximum Gasteiger partial charge on any atom is 0.224 e. The number of hydrogen-bond acceptors (Lipinski definition) is 1. The van der Waals surface area contributed by atoms with Crippen molar-refractivity contribution in [3.05, 3.63) is 12.2 Å². The van der Waals surface area contributed by atoms with Gasteiger partial charge in [0.2, 0.25) is 5.91 Å². The van der Waals surface area contributed by atoms with Crippen LogP contribution in [0.2, 0.25) is 0 Å². The summed E-state index contributed by atoms with van der Waals surface area (Å²) in [5, 5.41) is 0. The molecular formula is C14H23NO. The average molecular weight is 221 g/mol. The topological polar surface area (TPSA) is 43.1 Å². The minimum Gasteiger partial charge on any atom is -0.369 e. The molecule has 0 saturated heterocycles. The standard InChI is InChI=1S/C14H23NO/c1-9(2)12-7-4-10(3)8-14(12,13(15)16)11-5-6-11/h10-12H,1,4-8H2,2-3H3,(H2,15,16). The van der Waals surface area contributed by atoms with Crippen LogP contribution in [0.25, 0.3) is 0 Å². The summed E-state index contributed by atoms with van der Waals surface area (Å²) >= 11 is 0. The Morgan fingerprint density at radius 2 is 1.94 bits per heavy atom. The van der Waals surface area contributed by atoms with E-state index in [1.165, 1.54) is 19.3 Å². The number of carbonyl (C=O) groups is 1. The highest BCUT2D eigenvalue weighted by molar-refractivity contribution is 5.82. The molecule has 0 radical (unpaired) electrons. The van der Waals surface area contributed by atoms with E-state index < -0.39 is 0 Å². The molecule has 3 atom stereocenters. The maximum absolute atomic E-state index is 12.0. The first-order chi connectivity index (χ1) is 7.48. The van der Waals surface area contributed by atoms with Gasteiger partial charge in [0.1, 0.15) is 0 Å². The molecule has 0 aromatic heterocycles. The van der Waals surface area contributed by atoms with Crippen LogP contribution < -0.4 is 5.73 Å². The molecule has 0 aromatic rings. The quantitative estimate of drug-likeness (QED) is 0.732. The SMILES string of the molecule is C=C(C)C1CCC(C)CC1(C(N)=O)C1CC1. The molecule has 2 nitrogen and oxygen atoms in total. The lowest BCUT2D eigenvalue weighted by atomic mass is 9.58. The van der Waals surface area contributed by atoms with E-state index >= 15 is 0 Å². The number of rotatable bonds is 3. The first-order valence-corrected chi connectivity index (χ1v) is 6.43. The van der Waals surface area contributed by atoms with Crippen molar-refractivity contribution in [1.82, 2.24) is 0 Å². The Bertz CT molecular complexity index is 319. The molecule has 2 aliphatic carbocycles. The fourth-order valence-electron chi connectivity index (χ4n) is 3.74. The number of hydrogen-bond donors (Lipinski definition) is 1. The van der Waals surface area contributed by atoms with E-state index in [1.54, 1.807) is 0 Å². The van der Waals surface area contributed by atoms with Crippen LogP contribution in [0.1, 0.15) is 46.0 Å². The molecule has 2 aliphatic rings. The van der Waals surface area contributed by atoms with Gasteiger partial charge in [-0.25, -0.2) is 0 Å². The molecule has 0 spiro atoms. The Labute approximate surface area is 98.3 Å². The van der Waals surface area contributed by atoms with Crippen molar-refractivity contribution in [1.29, 1.82) is 0 Å². The monoisotopic (exact) mass is 221 g/mol. The van der Waals surface area contributed by atoms with Gasteiger partial charge in [-0.3, -0.25) is 4.79 Å². The van der Waals surface area contributed by atoms with Crippen molar-refractivity contribution >= 4 is 5.91 Å². The zero-order valence-electron chi connectivity index (χ0n) is 10.5. The highest BCUT2D eigenvalue weighted by atomic mass is 16.1. The zero-order valence-corrected chi connectivity index (χ0v) is 10.5. The summed E-state index contributed by atoms with van der Waals surface area (Å²) in [4.78, 5) is 12.0. The number of allylic oxidation sites excluding steroid dienone is 1. The van der Waals surface area contributed by atoms with Gasteiger partial charge in [0.15, 0.2) is 0 Å². The minimum absolute atomic E-state index is 0.0745. The lowest BCUT2D eigenvalue weighted by Crippen LogP contribution is -2.49. The molecule has 0 aromatic carbocycles. The summed E-state index contributed by atoms with van der Waals surface area (Å²) in [6, 6.07) is 0. The van der Waals surface area contributed by atoms with E-state index in [4.69, 9.17) is 5.73 Å². The minimum atomic E-state index is -0.260. The molecule has 90 valence electrons. The highest BCUT2D eigenvalue weighted by Gasteiger charge is 2.56. The van der Waals surface area contributed by atoms with Crippen molar-refractivity contribution in [2.75, 3.05) is 0 Å².